The van der Waals surface area contributed by atoms with Crippen LogP contribution in [0.25, 0.3) is 0 Å². The van der Waals surface area contributed by atoms with Crippen LogP contribution in [0.15, 0.2) is 58.9 Å². The molecule has 0 N–H and O–H groups in total. The van der Waals surface area contributed by atoms with Gasteiger partial charge in [-0.15, -0.1) is 0 Å². The van der Waals surface area contributed by atoms with Gasteiger partial charge in [-0.3, -0.25) is 4.98 Å². The van der Waals surface area contributed by atoms with Gasteiger partial charge in [-0.25, -0.2) is 0 Å². The average molecular weight is 263 g/mol. The minimum atomic E-state index is 0.227. The number of benzene rings is 1. The van der Waals surface area contributed by atoms with Gasteiger partial charge < -0.3 is 0 Å². The molecule has 0 amide bonds. The standard InChI is InChI=1S/C17H17N3/c1-12-6-8-14(9-7-12)17-11-15(13(2)19-20-17)16-5-3-4-10-18-16/h3-10,15H,11H2,1-2H3. The Kier molecular flexibility index (Phi) is 3.42. The lowest BCUT2D eigenvalue weighted by atomic mass is 9.90. The molecule has 2 heterocycles. The lowest BCUT2D eigenvalue weighted by Gasteiger charge is -2.20. The van der Waals surface area contributed by atoms with Gasteiger partial charge in [-0.05, 0) is 31.5 Å². The van der Waals surface area contributed by atoms with Crippen molar-refractivity contribution in [3.05, 3.63) is 65.5 Å². The highest BCUT2D eigenvalue weighted by Crippen LogP contribution is 2.26. The Morgan fingerprint density at radius 3 is 2.45 bits per heavy atom. The van der Waals surface area contributed by atoms with Crippen molar-refractivity contribution in [3.8, 4) is 0 Å². The molecule has 0 saturated carbocycles. The second kappa shape index (κ2) is 5.37. The Hall–Kier alpha value is -2.29. The minimum absolute atomic E-state index is 0.227. The number of rotatable bonds is 2. The quantitative estimate of drug-likeness (QED) is 0.813. The molecule has 1 atom stereocenters. The SMILES string of the molecule is CC1=NN=C(c2ccc(C)cc2)CC1c1ccccn1. The third-order valence-electron chi connectivity index (χ3n) is 3.66. The molecule has 20 heavy (non-hydrogen) atoms. The number of pyridine rings is 1. The van der Waals surface area contributed by atoms with Crippen LogP contribution in [0.5, 0.6) is 0 Å². The van der Waals surface area contributed by atoms with Crippen LogP contribution in [0, 0.1) is 6.92 Å². The number of hydrogen-bond acceptors (Lipinski definition) is 3. The van der Waals surface area contributed by atoms with Crippen molar-refractivity contribution in [3.63, 3.8) is 0 Å². The van der Waals surface area contributed by atoms with Crippen molar-refractivity contribution >= 4 is 11.4 Å². The van der Waals surface area contributed by atoms with Crippen LogP contribution in [-0.4, -0.2) is 16.4 Å². The largest absolute Gasteiger partial charge is 0.261 e. The fourth-order valence-electron chi connectivity index (χ4n) is 2.41. The Bertz CT molecular complexity index is 654. The lowest BCUT2D eigenvalue weighted by Crippen LogP contribution is -2.19. The van der Waals surface area contributed by atoms with E-state index in [2.05, 4.69) is 52.4 Å². The predicted octanol–water partition coefficient (Wildman–Crippen LogP) is 3.74. The smallest absolute Gasteiger partial charge is 0.0713 e. The minimum Gasteiger partial charge on any atom is -0.261 e. The van der Waals surface area contributed by atoms with Crippen molar-refractivity contribution in [1.82, 2.24) is 4.98 Å². The van der Waals surface area contributed by atoms with E-state index in [-0.39, 0.29) is 5.92 Å². The third-order valence-corrected chi connectivity index (χ3v) is 3.66. The van der Waals surface area contributed by atoms with Crippen LogP contribution in [-0.2, 0) is 0 Å². The maximum absolute atomic E-state index is 4.46. The highest BCUT2D eigenvalue weighted by molar-refractivity contribution is 6.06. The molecular weight excluding hydrogens is 246 g/mol. The Morgan fingerprint density at radius 1 is 0.950 bits per heavy atom. The molecule has 100 valence electrons. The van der Waals surface area contributed by atoms with E-state index >= 15 is 0 Å². The molecule has 0 radical (unpaired) electrons. The maximum atomic E-state index is 4.46. The van der Waals surface area contributed by atoms with Crippen molar-refractivity contribution in [2.45, 2.75) is 26.2 Å². The van der Waals surface area contributed by atoms with Crippen molar-refractivity contribution in [2.24, 2.45) is 10.2 Å². The number of aryl methyl sites for hydroxylation is 1. The highest BCUT2D eigenvalue weighted by atomic mass is 15.2. The van der Waals surface area contributed by atoms with Crippen LogP contribution in [0.1, 0.15) is 36.1 Å². The van der Waals surface area contributed by atoms with Gasteiger partial charge in [0.25, 0.3) is 0 Å². The lowest BCUT2D eigenvalue weighted by molar-refractivity contribution is 0.852. The molecule has 1 aliphatic heterocycles. The predicted molar refractivity (Wildman–Crippen MR) is 82.4 cm³/mol. The van der Waals surface area contributed by atoms with Gasteiger partial charge in [0.2, 0.25) is 0 Å². The first kappa shape index (κ1) is 12.7. The Labute approximate surface area is 119 Å². The zero-order valence-electron chi connectivity index (χ0n) is 11.7. The first-order chi connectivity index (χ1) is 9.74. The number of hydrogen-bond donors (Lipinski definition) is 0. The molecule has 0 aliphatic carbocycles. The summed E-state index contributed by atoms with van der Waals surface area (Å²) in [7, 11) is 0. The summed E-state index contributed by atoms with van der Waals surface area (Å²) >= 11 is 0. The molecule has 1 aliphatic rings. The highest BCUT2D eigenvalue weighted by Gasteiger charge is 2.23. The van der Waals surface area contributed by atoms with Crippen molar-refractivity contribution < 1.29 is 0 Å². The molecule has 1 unspecified atom stereocenters. The van der Waals surface area contributed by atoms with E-state index in [0.29, 0.717) is 0 Å². The fraction of sp³-hybridized carbons (Fsp3) is 0.235. The second-order valence-electron chi connectivity index (χ2n) is 5.17. The van der Waals surface area contributed by atoms with Gasteiger partial charge in [-0.2, -0.15) is 10.2 Å². The molecule has 0 spiro atoms. The second-order valence-corrected chi connectivity index (χ2v) is 5.17. The van der Waals surface area contributed by atoms with E-state index in [1.165, 1.54) is 5.56 Å². The van der Waals surface area contributed by atoms with Crippen LogP contribution < -0.4 is 0 Å². The summed E-state index contributed by atoms with van der Waals surface area (Å²) < 4.78 is 0. The normalized spacial score (nSPS) is 18.4. The summed E-state index contributed by atoms with van der Waals surface area (Å²) in [6.45, 7) is 4.11. The van der Waals surface area contributed by atoms with E-state index in [4.69, 9.17) is 0 Å². The van der Waals surface area contributed by atoms with Gasteiger partial charge in [-0.1, -0.05) is 35.9 Å². The number of aromatic nitrogens is 1. The monoisotopic (exact) mass is 263 g/mol. The number of nitrogens with zero attached hydrogens (tertiary/aromatic N) is 3. The molecule has 0 fully saturated rings. The Morgan fingerprint density at radius 2 is 1.75 bits per heavy atom. The van der Waals surface area contributed by atoms with Crippen LogP contribution in [0.4, 0.5) is 0 Å². The van der Waals surface area contributed by atoms with Crippen molar-refractivity contribution in [1.29, 1.82) is 0 Å². The van der Waals surface area contributed by atoms with Gasteiger partial charge in [0, 0.05) is 29.9 Å². The third kappa shape index (κ3) is 2.52. The molecular formula is C17H17N3. The molecule has 1 aromatic heterocycles. The topological polar surface area (TPSA) is 37.6 Å². The summed E-state index contributed by atoms with van der Waals surface area (Å²) in [4.78, 5) is 4.46. The van der Waals surface area contributed by atoms with Gasteiger partial charge >= 0.3 is 0 Å². The molecule has 3 rings (SSSR count). The molecule has 1 aromatic carbocycles. The average Bonchev–Trinajstić information content (AvgIpc) is 2.50. The van der Waals surface area contributed by atoms with Crippen molar-refractivity contribution in [2.75, 3.05) is 0 Å². The molecule has 3 heteroatoms. The molecule has 3 nitrogen and oxygen atoms in total. The van der Waals surface area contributed by atoms with E-state index in [1.54, 1.807) is 0 Å². The summed E-state index contributed by atoms with van der Waals surface area (Å²) in [6.07, 6.45) is 2.69. The first-order valence-corrected chi connectivity index (χ1v) is 6.83. The summed E-state index contributed by atoms with van der Waals surface area (Å²) in [5.74, 6) is 0.227. The summed E-state index contributed by atoms with van der Waals surface area (Å²) in [6, 6.07) is 14.5. The van der Waals surface area contributed by atoms with Crippen LogP contribution >= 0.6 is 0 Å². The van der Waals surface area contributed by atoms with Crippen LogP contribution in [0.2, 0.25) is 0 Å². The van der Waals surface area contributed by atoms with Crippen LogP contribution in [0.3, 0.4) is 0 Å². The molecule has 0 bridgehead atoms. The van der Waals surface area contributed by atoms with Gasteiger partial charge in [0.1, 0.15) is 0 Å². The van der Waals surface area contributed by atoms with Gasteiger partial charge in [0.15, 0.2) is 0 Å². The maximum Gasteiger partial charge on any atom is 0.0713 e. The first-order valence-electron chi connectivity index (χ1n) is 6.83. The zero-order chi connectivity index (χ0) is 13.9. The summed E-state index contributed by atoms with van der Waals surface area (Å²) in [5.41, 5.74) is 5.53. The fourth-order valence-corrected chi connectivity index (χ4v) is 2.41. The zero-order valence-corrected chi connectivity index (χ0v) is 11.7. The van der Waals surface area contributed by atoms with E-state index in [1.807, 2.05) is 25.3 Å². The Balaban J connectivity index is 1.91. The van der Waals surface area contributed by atoms with E-state index in [9.17, 15) is 0 Å². The molecule has 0 saturated heterocycles. The van der Waals surface area contributed by atoms with E-state index in [0.717, 1.165) is 29.1 Å². The summed E-state index contributed by atoms with van der Waals surface area (Å²) in [5, 5.41) is 8.70. The van der Waals surface area contributed by atoms with Gasteiger partial charge in [0.05, 0.1) is 5.71 Å². The molecule has 2 aromatic rings. The van der Waals surface area contributed by atoms with E-state index < -0.39 is 0 Å².